The standard InChI is InChI=1S/C27H19F2N3O5/c1-9-2-4-14-11(6-9)17-19-18(25(35)30-26(19)36)16-12-7-10(28)3-5-13(12)31-8-15-20(29)23(33)24(34)27(37-15)32(14)22(17)21(16)31/h2-7,15,20,23-24,27,33-34H,8H2,1H3,(H,30,35,36). The van der Waals surface area contributed by atoms with Crippen LogP contribution < -0.4 is 5.32 Å². The van der Waals surface area contributed by atoms with E-state index in [4.69, 9.17) is 4.74 Å². The molecule has 5 aromatic rings. The topological polar surface area (TPSA) is 106 Å². The summed E-state index contributed by atoms with van der Waals surface area (Å²) in [5, 5.41) is 26.0. The Morgan fingerprint density at radius 2 is 1.62 bits per heavy atom. The highest BCUT2D eigenvalue weighted by Crippen LogP contribution is 2.49. The largest absolute Gasteiger partial charge is 0.387 e. The number of hydrogen-bond acceptors (Lipinski definition) is 5. The molecule has 0 saturated carbocycles. The van der Waals surface area contributed by atoms with Gasteiger partial charge in [0.1, 0.15) is 24.1 Å². The number of aliphatic hydroxyl groups excluding tert-OH is 2. The molecule has 8 nitrogen and oxygen atoms in total. The Bertz CT molecular complexity index is 1910. The van der Waals surface area contributed by atoms with Crippen molar-refractivity contribution in [3.63, 3.8) is 0 Å². The number of rotatable bonds is 0. The second-order valence-electron chi connectivity index (χ2n) is 10.1. The summed E-state index contributed by atoms with van der Waals surface area (Å²) in [5.41, 5.74) is 3.32. The van der Waals surface area contributed by atoms with E-state index >= 15 is 4.39 Å². The van der Waals surface area contributed by atoms with Crippen LogP contribution in [0.25, 0.3) is 43.6 Å². The summed E-state index contributed by atoms with van der Waals surface area (Å²) in [6.45, 7) is 1.83. The second kappa shape index (κ2) is 6.71. The van der Waals surface area contributed by atoms with Crippen molar-refractivity contribution in [1.29, 1.82) is 0 Å². The lowest BCUT2D eigenvalue weighted by atomic mass is 9.95. The molecule has 0 spiro atoms. The molecule has 37 heavy (non-hydrogen) atoms. The van der Waals surface area contributed by atoms with Crippen LogP contribution in [0.1, 0.15) is 32.5 Å². The minimum atomic E-state index is -1.89. The summed E-state index contributed by atoms with van der Waals surface area (Å²) in [4.78, 5) is 26.4. The molecule has 5 atom stereocenters. The number of carbonyl (C=O) groups is 2. The van der Waals surface area contributed by atoms with Crippen LogP contribution in [-0.4, -0.2) is 55.6 Å². The number of alkyl halides is 1. The molecule has 3 N–H and O–H groups in total. The Hall–Kier alpha value is -3.86. The lowest BCUT2D eigenvalue weighted by molar-refractivity contribution is -0.229. The molecule has 3 aromatic carbocycles. The van der Waals surface area contributed by atoms with Crippen molar-refractivity contribution in [2.75, 3.05) is 0 Å². The quantitative estimate of drug-likeness (QED) is 0.282. The fourth-order valence-electron chi connectivity index (χ4n) is 6.58. The van der Waals surface area contributed by atoms with Crippen molar-refractivity contribution in [2.24, 2.45) is 0 Å². The Morgan fingerprint density at radius 1 is 0.946 bits per heavy atom. The molecule has 3 aliphatic rings. The van der Waals surface area contributed by atoms with E-state index in [1.807, 2.05) is 25.1 Å². The molecule has 0 radical (unpaired) electrons. The van der Waals surface area contributed by atoms with Gasteiger partial charge in [-0.2, -0.15) is 0 Å². The minimum Gasteiger partial charge on any atom is -0.387 e. The summed E-state index contributed by atoms with van der Waals surface area (Å²) >= 11 is 0. The van der Waals surface area contributed by atoms with Gasteiger partial charge in [-0.05, 0) is 37.3 Å². The maximum Gasteiger partial charge on any atom is 0.259 e. The molecule has 2 bridgehead atoms. The van der Waals surface area contributed by atoms with Gasteiger partial charge in [-0.3, -0.25) is 14.9 Å². The lowest BCUT2D eigenvalue weighted by Crippen LogP contribution is -2.55. The molecule has 186 valence electrons. The molecule has 0 aliphatic carbocycles. The van der Waals surface area contributed by atoms with E-state index in [1.54, 1.807) is 15.2 Å². The highest BCUT2D eigenvalue weighted by Gasteiger charge is 2.49. The fraction of sp³-hybridized carbons (Fsp3) is 0.259. The van der Waals surface area contributed by atoms with E-state index in [1.165, 1.54) is 12.1 Å². The Kier molecular flexibility index (Phi) is 3.85. The zero-order valence-electron chi connectivity index (χ0n) is 19.3. The zero-order valence-corrected chi connectivity index (χ0v) is 19.3. The molecular weight excluding hydrogens is 484 g/mol. The summed E-state index contributed by atoms with van der Waals surface area (Å²) < 4.78 is 39.5. The van der Waals surface area contributed by atoms with Crippen LogP contribution in [0, 0.1) is 12.7 Å². The van der Waals surface area contributed by atoms with Crippen LogP contribution in [0.3, 0.4) is 0 Å². The van der Waals surface area contributed by atoms with E-state index in [-0.39, 0.29) is 17.7 Å². The third-order valence-electron chi connectivity index (χ3n) is 8.09. The highest BCUT2D eigenvalue weighted by atomic mass is 19.1. The predicted octanol–water partition coefficient (Wildman–Crippen LogP) is 3.20. The first-order chi connectivity index (χ1) is 17.8. The molecule has 1 saturated heterocycles. The van der Waals surface area contributed by atoms with Crippen molar-refractivity contribution >= 4 is 55.4 Å². The number of carbonyl (C=O) groups excluding carboxylic acids is 2. The van der Waals surface area contributed by atoms with Crippen LogP contribution in [0.5, 0.6) is 0 Å². The molecule has 5 unspecified atom stereocenters. The molecule has 5 heterocycles. The average molecular weight is 503 g/mol. The normalized spacial score (nSPS) is 26.9. The predicted molar refractivity (Wildman–Crippen MR) is 130 cm³/mol. The Labute approximate surface area is 206 Å². The maximum atomic E-state index is 15.3. The Morgan fingerprint density at radius 3 is 2.38 bits per heavy atom. The first kappa shape index (κ1) is 21.2. The second-order valence-corrected chi connectivity index (χ2v) is 10.1. The Balaban J connectivity index is 1.73. The number of aromatic nitrogens is 2. The van der Waals surface area contributed by atoms with Crippen LogP contribution in [-0.2, 0) is 11.3 Å². The molecule has 2 amide bonds. The third-order valence-corrected chi connectivity index (χ3v) is 8.09. The molecule has 8 rings (SSSR count). The summed E-state index contributed by atoms with van der Waals surface area (Å²) in [5.74, 6) is -1.69. The van der Waals surface area contributed by atoms with E-state index in [0.29, 0.717) is 43.6 Å². The number of nitrogens with one attached hydrogen (secondary N) is 1. The molecule has 2 aromatic heterocycles. The number of hydrogen-bond donors (Lipinski definition) is 3. The number of ether oxygens (including phenoxy) is 1. The maximum absolute atomic E-state index is 15.3. The number of halogens is 2. The van der Waals surface area contributed by atoms with Gasteiger partial charge in [0.25, 0.3) is 11.8 Å². The van der Waals surface area contributed by atoms with E-state index in [9.17, 15) is 24.2 Å². The number of benzene rings is 3. The van der Waals surface area contributed by atoms with Crippen molar-refractivity contribution in [2.45, 2.75) is 44.2 Å². The van der Waals surface area contributed by atoms with Gasteiger partial charge < -0.3 is 24.1 Å². The van der Waals surface area contributed by atoms with Crippen LogP contribution in [0.4, 0.5) is 8.78 Å². The van der Waals surface area contributed by atoms with Crippen molar-refractivity contribution in [3.05, 3.63) is 58.9 Å². The van der Waals surface area contributed by atoms with Crippen LogP contribution in [0.2, 0.25) is 0 Å². The number of fused-ring (bicyclic) bond motifs is 12. The summed E-state index contributed by atoms with van der Waals surface area (Å²) in [6.07, 6.45) is -7.50. The van der Waals surface area contributed by atoms with Gasteiger partial charge in [-0.1, -0.05) is 11.6 Å². The van der Waals surface area contributed by atoms with Gasteiger partial charge in [0.15, 0.2) is 12.4 Å². The number of imide groups is 1. The van der Waals surface area contributed by atoms with Gasteiger partial charge in [-0.25, -0.2) is 8.78 Å². The zero-order chi connectivity index (χ0) is 25.5. The first-order valence-corrected chi connectivity index (χ1v) is 12.0. The van der Waals surface area contributed by atoms with E-state index in [0.717, 1.165) is 5.56 Å². The minimum absolute atomic E-state index is 0.0584. The van der Waals surface area contributed by atoms with Gasteiger partial charge in [-0.15, -0.1) is 0 Å². The summed E-state index contributed by atoms with van der Waals surface area (Å²) in [7, 11) is 0. The lowest BCUT2D eigenvalue weighted by Gasteiger charge is -2.42. The SMILES string of the molecule is Cc1ccc2c(c1)c1c3c(c4c5cc(F)ccc5n5c4c1n2C1OC(C5)C(F)C(O)C1O)C(=O)NC3=O. The number of aryl methyl sites for hydroxylation is 1. The molecule has 10 heteroatoms. The number of amides is 2. The van der Waals surface area contributed by atoms with Crippen LogP contribution >= 0.6 is 0 Å². The van der Waals surface area contributed by atoms with Gasteiger partial charge in [0.2, 0.25) is 0 Å². The van der Waals surface area contributed by atoms with Gasteiger partial charge >= 0.3 is 0 Å². The van der Waals surface area contributed by atoms with Gasteiger partial charge in [0.05, 0.1) is 34.2 Å². The average Bonchev–Trinajstić information content (AvgIpc) is 3.45. The third kappa shape index (κ3) is 2.41. The summed E-state index contributed by atoms with van der Waals surface area (Å²) in [6, 6.07) is 9.68. The van der Waals surface area contributed by atoms with Crippen LogP contribution in [0.15, 0.2) is 36.4 Å². The van der Waals surface area contributed by atoms with Gasteiger partial charge in [0, 0.05) is 27.1 Å². The number of nitrogens with zero attached hydrogens (tertiary/aromatic N) is 2. The highest BCUT2D eigenvalue weighted by molar-refractivity contribution is 6.39. The monoisotopic (exact) mass is 503 g/mol. The van der Waals surface area contributed by atoms with Crippen molar-refractivity contribution < 1.29 is 33.3 Å². The fourth-order valence-corrected chi connectivity index (χ4v) is 6.58. The smallest absolute Gasteiger partial charge is 0.259 e. The molecule has 1 fully saturated rings. The van der Waals surface area contributed by atoms with E-state index in [2.05, 4.69) is 5.32 Å². The molecular formula is C27H19F2N3O5. The molecule has 3 aliphatic heterocycles. The van der Waals surface area contributed by atoms with Crippen molar-refractivity contribution in [1.82, 2.24) is 14.5 Å². The van der Waals surface area contributed by atoms with Crippen molar-refractivity contribution in [3.8, 4) is 0 Å². The first-order valence-electron chi connectivity index (χ1n) is 12.0. The van der Waals surface area contributed by atoms with E-state index < -0.39 is 48.3 Å². The number of aliphatic hydroxyl groups is 2.